The molecular formula is C24H28N6O4S. The summed E-state index contributed by atoms with van der Waals surface area (Å²) in [6.45, 7) is 8.38. The number of nitro groups is 1. The second-order valence-electron chi connectivity index (χ2n) is 8.26. The highest BCUT2D eigenvalue weighted by atomic mass is 32.2. The Bertz CT molecular complexity index is 1230. The average Bonchev–Trinajstić information content (AvgIpc) is 3.23. The fraction of sp³-hybridized carbons (Fsp3) is 0.333. The van der Waals surface area contributed by atoms with Gasteiger partial charge in [-0.25, -0.2) is 0 Å². The van der Waals surface area contributed by atoms with Gasteiger partial charge < -0.3 is 15.2 Å². The van der Waals surface area contributed by atoms with Crippen molar-refractivity contribution in [3.8, 4) is 0 Å². The first-order valence-corrected chi connectivity index (χ1v) is 12.2. The number of hydrogen-bond acceptors (Lipinski definition) is 7. The number of amides is 2. The maximum atomic E-state index is 12.9. The third-order valence-electron chi connectivity index (χ3n) is 5.28. The molecule has 0 aliphatic carbocycles. The number of para-hydroxylation sites is 2. The molecule has 0 aliphatic heterocycles. The fourth-order valence-corrected chi connectivity index (χ4v) is 4.34. The van der Waals surface area contributed by atoms with Crippen molar-refractivity contribution in [3.63, 3.8) is 0 Å². The van der Waals surface area contributed by atoms with Crippen LogP contribution in [0.3, 0.4) is 0 Å². The number of aromatic nitrogens is 3. The lowest BCUT2D eigenvalue weighted by Gasteiger charge is -2.22. The SMILES string of the molecule is CCn1c(SCC(=O)Nc2ccccc2[N+](=O)[O-])nnc1[C@@H](NC(=O)c1cccc(C)c1)C(C)C. The number of benzene rings is 2. The molecule has 10 nitrogen and oxygen atoms in total. The zero-order valence-corrected chi connectivity index (χ0v) is 20.8. The molecule has 35 heavy (non-hydrogen) atoms. The van der Waals surface area contributed by atoms with E-state index in [0.29, 0.717) is 23.1 Å². The van der Waals surface area contributed by atoms with Crippen LogP contribution in [-0.2, 0) is 11.3 Å². The van der Waals surface area contributed by atoms with Crippen LogP contribution in [0.1, 0.15) is 48.6 Å². The normalized spacial score (nSPS) is 11.8. The summed E-state index contributed by atoms with van der Waals surface area (Å²) in [4.78, 5) is 36.0. The molecule has 0 aliphatic rings. The summed E-state index contributed by atoms with van der Waals surface area (Å²) in [5.74, 6) is 0.0375. The first-order chi connectivity index (χ1) is 16.7. The minimum absolute atomic E-state index is 0.00776. The highest BCUT2D eigenvalue weighted by molar-refractivity contribution is 7.99. The van der Waals surface area contributed by atoms with E-state index >= 15 is 0 Å². The van der Waals surface area contributed by atoms with E-state index in [-0.39, 0.29) is 35.0 Å². The second-order valence-corrected chi connectivity index (χ2v) is 9.20. The zero-order chi connectivity index (χ0) is 25.5. The van der Waals surface area contributed by atoms with Crippen LogP contribution in [0.5, 0.6) is 0 Å². The van der Waals surface area contributed by atoms with E-state index in [1.807, 2.05) is 50.5 Å². The highest BCUT2D eigenvalue weighted by Crippen LogP contribution is 2.27. The molecule has 2 N–H and O–H groups in total. The minimum Gasteiger partial charge on any atom is -0.342 e. The number of hydrogen-bond donors (Lipinski definition) is 2. The molecule has 2 aromatic carbocycles. The van der Waals surface area contributed by atoms with Crippen molar-refractivity contribution in [2.24, 2.45) is 5.92 Å². The number of carbonyl (C=O) groups excluding carboxylic acids is 2. The average molecular weight is 497 g/mol. The number of rotatable bonds is 10. The van der Waals surface area contributed by atoms with Crippen LogP contribution in [0.15, 0.2) is 53.7 Å². The molecule has 3 aromatic rings. The third kappa shape index (κ3) is 6.44. The van der Waals surface area contributed by atoms with Gasteiger partial charge in [-0.3, -0.25) is 19.7 Å². The van der Waals surface area contributed by atoms with Gasteiger partial charge in [0.25, 0.3) is 11.6 Å². The summed E-state index contributed by atoms with van der Waals surface area (Å²) in [7, 11) is 0. The molecule has 0 spiro atoms. The molecule has 2 amide bonds. The van der Waals surface area contributed by atoms with Crippen LogP contribution in [0.2, 0.25) is 0 Å². The van der Waals surface area contributed by atoms with Crippen molar-refractivity contribution in [1.29, 1.82) is 0 Å². The van der Waals surface area contributed by atoms with Crippen molar-refractivity contribution in [2.75, 3.05) is 11.1 Å². The molecular weight excluding hydrogens is 468 g/mol. The molecule has 0 radical (unpaired) electrons. The quantitative estimate of drug-likeness (QED) is 0.242. The maximum Gasteiger partial charge on any atom is 0.292 e. The summed E-state index contributed by atoms with van der Waals surface area (Å²) in [6, 6.07) is 13.0. The molecule has 0 saturated carbocycles. The van der Waals surface area contributed by atoms with Gasteiger partial charge in [0.15, 0.2) is 11.0 Å². The lowest BCUT2D eigenvalue weighted by molar-refractivity contribution is -0.383. The van der Waals surface area contributed by atoms with Gasteiger partial charge in [-0.15, -0.1) is 10.2 Å². The Hall–Kier alpha value is -3.73. The first-order valence-electron chi connectivity index (χ1n) is 11.2. The number of nitrogens with one attached hydrogen (secondary N) is 2. The van der Waals surface area contributed by atoms with Gasteiger partial charge in [0.05, 0.1) is 16.7 Å². The summed E-state index contributed by atoms with van der Waals surface area (Å²) in [5, 5.41) is 25.9. The number of anilines is 1. The number of nitro benzene ring substituents is 1. The lowest BCUT2D eigenvalue weighted by Crippen LogP contribution is -2.33. The van der Waals surface area contributed by atoms with E-state index in [1.54, 1.807) is 12.1 Å². The fourth-order valence-electron chi connectivity index (χ4n) is 3.53. The van der Waals surface area contributed by atoms with Crippen LogP contribution in [0.4, 0.5) is 11.4 Å². The van der Waals surface area contributed by atoms with E-state index in [9.17, 15) is 19.7 Å². The summed E-state index contributed by atoms with van der Waals surface area (Å²) >= 11 is 1.18. The zero-order valence-electron chi connectivity index (χ0n) is 20.0. The van der Waals surface area contributed by atoms with Gasteiger partial charge in [0.2, 0.25) is 5.91 Å². The summed E-state index contributed by atoms with van der Waals surface area (Å²) < 4.78 is 1.87. The number of aryl methyl sites for hydroxylation is 1. The number of carbonyl (C=O) groups is 2. The van der Waals surface area contributed by atoms with Crippen LogP contribution >= 0.6 is 11.8 Å². The predicted octanol–water partition coefficient (Wildman–Crippen LogP) is 4.37. The number of thioether (sulfide) groups is 1. The standard InChI is InChI=1S/C24H28N6O4S/c1-5-29-22(21(15(2)3)26-23(32)17-10-8-9-16(4)13-17)27-28-24(29)35-14-20(31)25-18-11-6-7-12-19(18)30(33)34/h6-13,15,21H,5,14H2,1-4H3,(H,25,31)(H,26,32)/t21-/m0/s1. The highest BCUT2D eigenvalue weighted by Gasteiger charge is 2.26. The first kappa shape index (κ1) is 25.9. The topological polar surface area (TPSA) is 132 Å². The van der Waals surface area contributed by atoms with Gasteiger partial charge in [-0.2, -0.15) is 0 Å². The smallest absolute Gasteiger partial charge is 0.292 e. The minimum atomic E-state index is -0.542. The van der Waals surface area contributed by atoms with Crippen LogP contribution in [0.25, 0.3) is 0 Å². The largest absolute Gasteiger partial charge is 0.342 e. The van der Waals surface area contributed by atoms with E-state index in [2.05, 4.69) is 20.8 Å². The van der Waals surface area contributed by atoms with Gasteiger partial charge in [-0.1, -0.05) is 55.4 Å². The lowest BCUT2D eigenvalue weighted by atomic mass is 10.0. The van der Waals surface area contributed by atoms with E-state index in [1.165, 1.54) is 30.0 Å². The Balaban J connectivity index is 1.73. The molecule has 0 bridgehead atoms. The molecule has 1 atom stereocenters. The van der Waals surface area contributed by atoms with Gasteiger partial charge in [-0.05, 0) is 38.0 Å². The molecule has 0 saturated heterocycles. The van der Waals surface area contributed by atoms with Gasteiger partial charge in [0, 0.05) is 18.2 Å². The van der Waals surface area contributed by atoms with Crippen molar-refractivity contribution in [2.45, 2.75) is 45.4 Å². The predicted molar refractivity (Wildman–Crippen MR) is 134 cm³/mol. The van der Waals surface area contributed by atoms with Crippen LogP contribution in [-0.4, -0.2) is 37.3 Å². The second kappa shape index (κ2) is 11.6. The summed E-state index contributed by atoms with van der Waals surface area (Å²) in [5.41, 5.74) is 1.53. The Kier molecular flexibility index (Phi) is 8.58. The summed E-state index contributed by atoms with van der Waals surface area (Å²) in [6.07, 6.45) is 0. The molecule has 184 valence electrons. The van der Waals surface area contributed by atoms with Crippen LogP contribution < -0.4 is 10.6 Å². The molecule has 0 unspecified atom stereocenters. The Morgan fingerprint density at radius 3 is 2.54 bits per heavy atom. The van der Waals surface area contributed by atoms with Crippen molar-refractivity contribution >= 4 is 35.0 Å². The van der Waals surface area contributed by atoms with Gasteiger partial charge >= 0.3 is 0 Å². The van der Waals surface area contributed by atoms with Crippen molar-refractivity contribution < 1.29 is 14.5 Å². The van der Waals surface area contributed by atoms with Gasteiger partial charge in [0.1, 0.15) is 5.69 Å². The molecule has 1 heterocycles. The maximum absolute atomic E-state index is 12.9. The molecule has 11 heteroatoms. The molecule has 1 aromatic heterocycles. The Morgan fingerprint density at radius 1 is 1.14 bits per heavy atom. The van der Waals surface area contributed by atoms with Crippen molar-refractivity contribution in [1.82, 2.24) is 20.1 Å². The Labute approximate surface area is 207 Å². The number of nitrogens with zero attached hydrogens (tertiary/aromatic N) is 4. The van der Waals surface area contributed by atoms with E-state index in [0.717, 1.165) is 5.56 Å². The third-order valence-corrected chi connectivity index (χ3v) is 6.25. The monoisotopic (exact) mass is 496 g/mol. The van der Waals surface area contributed by atoms with E-state index in [4.69, 9.17) is 0 Å². The van der Waals surface area contributed by atoms with Crippen molar-refractivity contribution in [3.05, 3.63) is 75.6 Å². The Morgan fingerprint density at radius 2 is 1.89 bits per heavy atom. The van der Waals surface area contributed by atoms with Crippen LogP contribution in [0, 0.1) is 23.0 Å². The van der Waals surface area contributed by atoms with E-state index < -0.39 is 10.8 Å². The molecule has 0 fully saturated rings. The molecule has 3 rings (SSSR count).